The number of hydrogen-bond acceptors (Lipinski definition) is 5. The predicted molar refractivity (Wildman–Crippen MR) is 84.8 cm³/mol. The first-order valence-corrected chi connectivity index (χ1v) is 7.07. The molecule has 23 heavy (non-hydrogen) atoms. The molecule has 0 unspecified atom stereocenters. The molecule has 0 bridgehead atoms. The van der Waals surface area contributed by atoms with Gasteiger partial charge in [0.05, 0.1) is 18.4 Å². The number of H-pyrrole nitrogens is 1. The topological polar surface area (TPSA) is 92.5 Å². The number of carbonyl (C=O) groups excluding carboxylic acids is 1. The molecule has 2 aromatic rings. The molecule has 0 atom stereocenters. The molecule has 0 radical (unpaired) electrons. The smallest absolute Gasteiger partial charge is 0.233 e. The van der Waals surface area contributed by atoms with E-state index in [1.807, 2.05) is 0 Å². The quantitative estimate of drug-likeness (QED) is 0.629. The van der Waals surface area contributed by atoms with Gasteiger partial charge in [-0.25, -0.2) is 14.8 Å². The van der Waals surface area contributed by atoms with Crippen molar-refractivity contribution in [2.24, 2.45) is 0 Å². The lowest BCUT2D eigenvalue weighted by Gasteiger charge is -2.16. The summed E-state index contributed by atoms with van der Waals surface area (Å²) < 4.78 is 5.43. The third-order valence-electron chi connectivity index (χ3n) is 3.01. The molecule has 0 aromatic carbocycles. The third-order valence-corrected chi connectivity index (χ3v) is 3.01. The number of ketones is 1. The van der Waals surface area contributed by atoms with Crippen molar-refractivity contribution in [2.75, 3.05) is 6.61 Å². The number of ether oxygens (including phenoxy) is 1. The molecule has 0 saturated carbocycles. The zero-order valence-corrected chi connectivity index (χ0v) is 13.3. The Labute approximate surface area is 133 Å². The summed E-state index contributed by atoms with van der Waals surface area (Å²) in [5, 5.41) is 9.68. The van der Waals surface area contributed by atoms with Gasteiger partial charge in [-0.1, -0.05) is 6.08 Å². The summed E-state index contributed by atoms with van der Waals surface area (Å²) in [6, 6.07) is 0. The lowest BCUT2D eigenvalue weighted by atomic mass is 10.2. The normalized spacial score (nSPS) is 12.2. The predicted octanol–water partition coefficient (Wildman–Crippen LogP) is 2.04. The molecular weight excluding hydrogens is 296 g/mol. The van der Waals surface area contributed by atoms with E-state index in [2.05, 4.69) is 19.8 Å². The highest BCUT2D eigenvalue weighted by Crippen LogP contribution is 2.19. The number of Topliss-reactive ketones (excluding diaryl/α,β-unsaturated/α-hetero) is 1. The van der Waals surface area contributed by atoms with E-state index in [0.717, 1.165) is 5.56 Å². The van der Waals surface area contributed by atoms with Gasteiger partial charge in [-0.3, -0.25) is 0 Å². The fourth-order valence-corrected chi connectivity index (χ4v) is 1.88. The molecular formula is C16H18N4O3. The molecule has 2 aromatic heterocycles. The van der Waals surface area contributed by atoms with Crippen molar-refractivity contribution in [3.8, 4) is 5.88 Å². The Kier molecular flexibility index (Phi) is 4.77. The second-order valence-corrected chi connectivity index (χ2v) is 5.78. The molecule has 7 heteroatoms. The Morgan fingerprint density at radius 1 is 1.57 bits per heavy atom. The van der Waals surface area contributed by atoms with Crippen molar-refractivity contribution in [3.63, 3.8) is 0 Å². The molecule has 2 heterocycles. The third kappa shape index (κ3) is 4.37. The van der Waals surface area contributed by atoms with Gasteiger partial charge < -0.3 is 19.6 Å². The van der Waals surface area contributed by atoms with Crippen molar-refractivity contribution in [3.05, 3.63) is 41.1 Å². The number of hydrogen-bond donors (Lipinski definition) is 2. The molecule has 0 aliphatic carbocycles. The molecule has 0 spiro atoms. The highest BCUT2D eigenvalue weighted by atomic mass is 16.5. The summed E-state index contributed by atoms with van der Waals surface area (Å²) in [6.45, 7) is 11.7. The van der Waals surface area contributed by atoms with E-state index >= 15 is 0 Å². The van der Waals surface area contributed by atoms with Gasteiger partial charge in [0.15, 0.2) is 11.4 Å². The molecule has 120 valence electrons. The van der Waals surface area contributed by atoms with Crippen molar-refractivity contribution >= 4 is 16.9 Å². The SMILES string of the molecule is [C-]#[N+]/C(=C\Cc1c[nH]c2ncc(OCC(C)(C)O)nc12)C(C)=O. The van der Waals surface area contributed by atoms with E-state index in [4.69, 9.17) is 11.3 Å². The highest BCUT2D eigenvalue weighted by molar-refractivity contribution is 5.95. The van der Waals surface area contributed by atoms with Crippen LogP contribution in [0.4, 0.5) is 0 Å². The summed E-state index contributed by atoms with van der Waals surface area (Å²) in [6.07, 6.45) is 5.18. The van der Waals surface area contributed by atoms with Crippen LogP contribution in [0, 0.1) is 6.57 Å². The van der Waals surface area contributed by atoms with Gasteiger partial charge in [-0.05, 0) is 27.2 Å². The molecule has 2 N–H and O–H groups in total. The van der Waals surface area contributed by atoms with Crippen LogP contribution in [0.3, 0.4) is 0 Å². The number of carbonyl (C=O) groups is 1. The van der Waals surface area contributed by atoms with E-state index in [-0.39, 0.29) is 18.1 Å². The van der Waals surface area contributed by atoms with Gasteiger partial charge >= 0.3 is 0 Å². The number of rotatable bonds is 6. The van der Waals surface area contributed by atoms with Gasteiger partial charge in [0, 0.05) is 11.8 Å². The summed E-state index contributed by atoms with van der Waals surface area (Å²) in [5.41, 5.74) is 1.15. The van der Waals surface area contributed by atoms with Gasteiger partial charge in [0.25, 0.3) is 0 Å². The molecule has 7 nitrogen and oxygen atoms in total. The zero-order valence-electron chi connectivity index (χ0n) is 13.3. The maximum absolute atomic E-state index is 11.3. The molecule has 2 rings (SSSR count). The minimum atomic E-state index is -0.966. The first-order valence-electron chi connectivity index (χ1n) is 7.07. The summed E-state index contributed by atoms with van der Waals surface area (Å²) in [4.78, 5) is 26.0. The molecule has 0 aliphatic heterocycles. The minimum absolute atomic E-state index is 0.0963. The van der Waals surface area contributed by atoms with Crippen LogP contribution in [-0.2, 0) is 11.2 Å². The van der Waals surface area contributed by atoms with E-state index in [0.29, 0.717) is 23.5 Å². The van der Waals surface area contributed by atoms with Crippen molar-refractivity contribution in [1.82, 2.24) is 15.0 Å². The molecule has 0 amide bonds. The van der Waals surface area contributed by atoms with E-state index in [9.17, 15) is 9.90 Å². The average Bonchev–Trinajstić information content (AvgIpc) is 2.87. The van der Waals surface area contributed by atoms with E-state index < -0.39 is 5.60 Å². The lowest BCUT2D eigenvalue weighted by Crippen LogP contribution is -2.28. The lowest BCUT2D eigenvalue weighted by molar-refractivity contribution is -0.113. The van der Waals surface area contributed by atoms with Gasteiger partial charge in [-0.15, -0.1) is 0 Å². The van der Waals surface area contributed by atoms with E-state index in [1.165, 1.54) is 13.1 Å². The van der Waals surface area contributed by atoms with Crippen LogP contribution in [0.1, 0.15) is 26.3 Å². The Bertz CT molecular complexity index is 794. The molecule has 0 aliphatic rings. The number of allylic oxidation sites excluding steroid dienone is 2. The van der Waals surface area contributed by atoms with Crippen molar-refractivity contribution in [2.45, 2.75) is 32.8 Å². The average molecular weight is 314 g/mol. The summed E-state index contributed by atoms with van der Waals surface area (Å²) in [5.74, 6) is 0.0431. The van der Waals surface area contributed by atoms with Crippen LogP contribution in [-0.4, -0.2) is 38.0 Å². The largest absolute Gasteiger partial charge is 0.474 e. The van der Waals surface area contributed by atoms with Gasteiger partial charge in [-0.2, -0.15) is 0 Å². The van der Waals surface area contributed by atoms with Crippen LogP contribution < -0.4 is 4.74 Å². The summed E-state index contributed by atoms with van der Waals surface area (Å²) in [7, 11) is 0. The zero-order chi connectivity index (χ0) is 17.0. The number of nitrogens with zero attached hydrogens (tertiary/aromatic N) is 3. The minimum Gasteiger partial charge on any atom is -0.474 e. The van der Waals surface area contributed by atoms with E-state index in [1.54, 1.807) is 26.1 Å². The number of aromatic amines is 1. The standard InChI is InChI=1S/C16H18N4O3/c1-10(21)12(17-4)6-5-11-7-18-15-14(11)20-13(8-19-15)23-9-16(2,3)22/h6-8,22H,5,9H2,1-3H3,(H,18,19)/b12-6-. The Hall–Kier alpha value is -2.72. The Morgan fingerprint density at radius 3 is 2.91 bits per heavy atom. The van der Waals surface area contributed by atoms with Gasteiger partial charge in [0.1, 0.15) is 12.1 Å². The Morgan fingerprint density at radius 2 is 2.30 bits per heavy atom. The van der Waals surface area contributed by atoms with Crippen LogP contribution >= 0.6 is 0 Å². The molecule has 0 saturated heterocycles. The van der Waals surface area contributed by atoms with Crippen LogP contribution in [0.15, 0.2) is 24.2 Å². The van der Waals surface area contributed by atoms with Crippen LogP contribution in [0.5, 0.6) is 5.88 Å². The van der Waals surface area contributed by atoms with Crippen LogP contribution in [0.25, 0.3) is 16.0 Å². The second kappa shape index (κ2) is 6.58. The summed E-state index contributed by atoms with van der Waals surface area (Å²) >= 11 is 0. The van der Waals surface area contributed by atoms with Gasteiger partial charge in [0.2, 0.25) is 11.6 Å². The first-order chi connectivity index (χ1) is 10.8. The Balaban J connectivity index is 2.25. The van der Waals surface area contributed by atoms with Crippen LogP contribution in [0.2, 0.25) is 0 Å². The maximum atomic E-state index is 11.3. The number of aliphatic hydroxyl groups is 1. The maximum Gasteiger partial charge on any atom is 0.233 e. The molecule has 0 fully saturated rings. The highest BCUT2D eigenvalue weighted by Gasteiger charge is 2.15. The number of aromatic nitrogens is 3. The van der Waals surface area contributed by atoms with Crippen molar-refractivity contribution < 1.29 is 14.6 Å². The monoisotopic (exact) mass is 314 g/mol. The number of nitrogens with one attached hydrogen (secondary N) is 1. The first kappa shape index (κ1) is 16.6. The second-order valence-electron chi connectivity index (χ2n) is 5.78. The fourth-order valence-electron chi connectivity index (χ4n) is 1.88. The van der Waals surface area contributed by atoms with Crippen molar-refractivity contribution in [1.29, 1.82) is 0 Å². The number of fused-ring (bicyclic) bond motifs is 1. The fraction of sp³-hybridized carbons (Fsp3) is 0.375.